The van der Waals surface area contributed by atoms with Crippen LogP contribution in [-0.4, -0.2) is 11.0 Å². The molecule has 0 bridgehead atoms. The van der Waals surface area contributed by atoms with Crippen molar-refractivity contribution in [1.82, 2.24) is 5.32 Å². The Morgan fingerprint density at radius 1 is 1.37 bits per heavy atom. The molecule has 0 aliphatic heterocycles. The van der Waals surface area contributed by atoms with E-state index in [4.69, 9.17) is 23.8 Å². The van der Waals surface area contributed by atoms with Crippen LogP contribution in [-0.2, 0) is 0 Å². The molecule has 2 N–H and O–H groups in total. The predicted molar refractivity (Wildman–Crippen MR) is 84.2 cm³/mol. The van der Waals surface area contributed by atoms with Crippen molar-refractivity contribution in [3.63, 3.8) is 0 Å². The second kappa shape index (κ2) is 6.14. The molecule has 2 aromatic rings. The van der Waals surface area contributed by atoms with E-state index in [-0.39, 0.29) is 11.0 Å². The van der Waals surface area contributed by atoms with Gasteiger partial charge in [0.15, 0.2) is 5.11 Å². The lowest BCUT2D eigenvalue weighted by molar-refractivity contribution is 0.0981. The molecule has 0 radical (unpaired) electrons. The van der Waals surface area contributed by atoms with Crippen molar-refractivity contribution in [2.45, 2.75) is 6.92 Å². The highest BCUT2D eigenvalue weighted by Crippen LogP contribution is 2.19. The second-order valence-corrected chi connectivity index (χ2v) is 5.61. The lowest BCUT2D eigenvalue weighted by Gasteiger charge is -2.09. The zero-order valence-electron chi connectivity index (χ0n) is 10.1. The lowest BCUT2D eigenvalue weighted by atomic mass is 10.2. The van der Waals surface area contributed by atoms with Crippen molar-refractivity contribution < 1.29 is 4.79 Å². The SMILES string of the molecule is Cc1ccc(NC(=S)NC(=O)c2cccs2)cc1Cl. The first-order valence-electron chi connectivity index (χ1n) is 5.48. The molecule has 1 aromatic carbocycles. The van der Waals surface area contributed by atoms with Crippen LogP contribution in [0, 0.1) is 6.92 Å². The van der Waals surface area contributed by atoms with E-state index in [1.807, 2.05) is 30.5 Å². The minimum absolute atomic E-state index is 0.217. The van der Waals surface area contributed by atoms with Crippen molar-refractivity contribution in [3.8, 4) is 0 Å². The Bertz CT molecular complexity index is 611. The van der Waals surface area contributed by atoms with E-state index >= 15 is 0 Å². The maximum absolute atomic E-state index is 11.8. The van der Waals surface area contributed by atoms with E-state index in [0.29, 0.717) is 9.90 Å². The number of nitrogens with one attached hydrogen (secondary N) is 2. The molecule has 0 aliphatic rings. The molecule has 0 fully saturated rings. The molecular weight excluding hydrogens is 300 g/mol. The fourth-order valence-corrected chi connectivity index (χ4v) is 2.42. The smallest absolute Gasteiger partial charge is 0.267 e. The fraction of sp³-hybridized carbons (Fsp3) is 0.0769. The molecule has 1 aromatic heterocycles. The Morgan fingerprint density at radius 3 is 2.79 bits per heavy atom. The number of carbonyl (C=O) groups is 1. The number of rotatable bonds is 2. The van der Waals surface area contributed by atoms with Crippen LogP contribution < -0.4 is 10.6 Å². The number of halogens is 1. The van der Waals surface area contributed by atoms with E-state index in [2.05, 4.69) is 10.6 Å². The van der Waals surface area contributed by atoms with Crippen LogP contribution in [0.15, 0.2) is 35.7 Å². The molecule has 1 heterocycles. The Balaban J connectivity index is 1.98. The van der Waals surface area contributed by atoms with Gasteiger partial charge in [-0.15, -0.1) is 11.3 Å². The quantitative estimate of drug-likeness (QED) is 0.828. The van der Waals surface area contributed by atoms with Gasteiger partial charge in [0.25, 0.3) is 5.91 Å². The first-order chi connectivity index (χ1) is 9.06. The topological polar surface area (TPSA) is 41.1 Å². The van der Waals surface area contributed by atoms with Crippen molar-refractivity contribution in [2.75, 3.05) is 5.32 Å². The zero-order chi connectivity index (χ0) is 13.8. The van der Waals surface area contributed by atoms with Crippen molar-refractivity contribution in [2.24, 2.45) is 0 Å². The van der Waals surface area contributed by atoms with Gasteiger partial charge in [0.2, 0.25) is 0 Å². The first kappa shape index (κ1) is 14.0. The molecular formula is C13H11ClN2OS2. The van der Waals surface area contributed by atoms with Gasteiger partial charge in [-0.1, -0.05) is 23.7 Å². The van der Waals surface area contributed by atoms with E-state index in [1.165, 1.54) is 11.3 Å². The van der Waals surface area contributed by atoms with E-state index in [0.717, 1.165) is 11.3 Å². The summed E-state index contributed by atoms with van der Waals surface area (Å²) in [5.41, 5.74) is 1.73. The number of benzene rings is 1. The molecule has 0 unspecified atom stereocenters. The molecule has 0 aliphatic carbocycles. The van der Waals surface area contributed by atoms with Crippen molar-refractivity contribution in [1.29, 1.82) is 0 Å². The molecule has 19 heavy (non-hydrogen) atoms. The molecule has 2 rings (SSSR count). The molecule has 0 saturated carbocycles. The predicted octanol–water partition coefficient (Wildman–Crippen LogP) is 3.84. The standard InChI is InChI=1S/C13H11ClN2OS2/c1-8-4-5-9(7-10(8)14)15-13(18)16-12(17)11-3-2-6-19-11/h2-7H,1H3,(H2,15,16,17,18). The van der Waals surface area contributed by atoms with Crippen LogP contribution in [0.1, 0.15) is 15.2 Å². The van der Waals surface area contributed by atoms with Gasteiger partial charge in [0, 0.05) is 10.7 Å². The Morgan fingerprint density at radius 2 is 2.16 bits per heavy atom. The zero-order valence-corrected chi connectivity index (χ0v) is 12.5. The molecule has 6 heteroatoms. The minimum Gasteiger partial charge on any atom is -0.332 e. The Labute approximate surface area is 125 Å². The highest BCUT2D eigenvalue weighted by Gasteiger charge is 2.08. The average molecular weight is 311 g/mol. The number of hydrogen-bond acceptors (Lipinski definition) is 3. The fourth-order valence-electron chi connectivity index (χ4n) is 1.41. The summed E-state index contributed by atoms with van der Waals surface area (Å²) in [7, 11) is 0. The summed E-state index contributed by atoms with van der Waals surface area (Å²) in [5, 5.41) is 8.27. The summed E-state index contributed by atoms with van der Waals surface area (Å²) in [5.74, 6) is -0.217. The minimum atomic E-state index is -0.217. The van der Waals surface area contributed by atoms with Gasteiger partial charge in [-0.3, -0.25) is 10.1 Å². The molecule has 0 saturated heterocycles. The van der Waals surface area contributed by atoms with Crippen LogP contribution in [0.5, 0.6) is 0 Å². The summed E-state index contributed by atoms with van der Waals surface area (Å²) in [6, 6.07) is 9.06. The van der Waals surface area contributed by atoms with Crippen molar-refractivity contribution in [3.05, 3.63) is 51.2 Å². The number of amides is 1. The molecule has 98 valence electrons. The Kier molecular flexibility index (Phi) is 4.52. The number of carbonyl (C=O) groups excluding carboxylic acids is 1. The highest BCUT2D eigenvalue weighted by atomic mass is 35.5. The molecule has 0 atom stereocenters. The second-order valence-electron chi connectivity index (χ2n) is 3.85. The first-order valence-corrected chi connectivity index (χ1v) is 7.15. The van der Waals surface area contributed by atoms with Gasteiger partial charge in [-0.2, -0.15) is 0 Å². The number of thiocarbonyl (C=S) groups is 1. The average Bonchev–Trinajstić information content (AvgIpc) is 2.87. The van der Waals surface area contributed by atoms with Gasteiger partial charge >= 0.3 is 0 Å². The maximum Gasteiger partial charge on any atom is 0.267 e. The van der Waals surface area contributed by atoms with Crippen LogP contribution in [0.4, 0.5) is 5.69 Å². The van der Waals surface area contributed by atoms with Gasteiger partial charge in [0.1, 0.15) is 0 Å². The number of anilines is 1. The lowest BCUT2D eigenvalue weighted by Crippen LogP contribution is -2.33. The van der Waals surface area contributed by atoms with E-state index in [1.54, 1.807) is 12.1 Å². The number of hydrogen-bond donors (Lipinski definition) is 2. The van der Waals surface area contributed by atoms with E-state index in [9.17, 15) is 4.79 Å². The largest absolute Gasteiger partial charge is 0.332 e. The summed E-state index contributed by atoms with van der Waals surface area (Å²) < 4.78 is 0. The molecule has 0 spiro atoms. The van der Waals surface area contributed by atoms with Gasteiger partial charge < -0.3 is 5.32 Å². The monoisotopic (exact) mass is 310 g/mol. The van der Waals surface area contributed by atoms with Crippen LogP contribution >= 0.6 is 35.2 Å². The third kappa shape index (κ3) is 3.76. The maximum atomic E-state index is 11.8. The summed E-state index contributed by atoms with van der Waals surface area (Å²) >= 11 is 12.5. The summed E-state index contributed by atoms with van der Waals surface area (Å²) in [4.78, 5) is 12.4. The van der Waals surface area contributed by atoms with Crippen LogP contribution in [0.25, 0.3) is 0 Å². The van der Waals surface area contributed by atoms with E-state index < -0.39 is 0 Å². The third-order valence-electron chi connectivity index (χ3n) is 2.40. The molecule has 1 amide bonds. The number of thiophene rings is 1. The molecule has 3 nitrogen and oxygen atoms in total. The van der Waals surface area contributed by atoms with Gasteiger partial charge in [-0.25, -0.2) is 0 Å². The summed E-state index contributed by atoms with van der Waals surface area (Å²) in [6.45, 7) is 1.92. The van der Waals surface area contributed by atoms with Crippen LogP contribution in [0.2, 0.25) is 5.02 Å². The van der Waals surface area contributed by atoms with Crippen LogP contribution in [0.3, 0.4) is 0 Å². The normalized spacial score (nSPS) is 10.0. The highest BCUT2D eigenvalue weighted by molar-refractivity contribution is 7.80. The van der Waals surface area contributed by atoms with Gasteiger partial charge in [-0.05, 0) is 48.3 Å². The number of aryl methyl sites for hydroxylation is 1. The summed E-state index contributed by atoms with van der Waals surface area (Å²) in [6.07, 6.45) is 0. The Hall–Kier alpha value is -1.43. The van der Waals surface area contributed by atoms with Gasteiger partial charge in [0.05, 0.1) is 4.88 Å². The van der Waals surface area contributed by atoms with Crippen molar-refractivity contribution >= 4 is 51.9 Å². The third-order valence-corrected chi connectivity index (χ3v) is 3.88.